The summed E-state index contributed by atoms with van der Waals surface area (Å²) in [4.78, 5) is 13.6. The van der Waals surface area contributed by atoms with E-state index in [1.807, 2.05) is 0 Å². The summed E-state index contributed by atoms with van der Waals surface area (Å²) in [5.41, 5.74) is 0.208. The third kappa shape index (κ3) is 4.73. The minimum atomic E-state index is -3.91. The highest BCUT2D eigenvalue weighted by molar-refractivity contribution is 7.89. The molecule has 2 N–H and O–H groups in total. The molecule has 9 heteroatoms. The third-order valence-corrected chi connectivity index (χ3v) is 5.20. The van der Waals surface area contributed by atoms with Crippen molar-refractivity contribution in [2.45, 2.75) is 11.8 Å². The van der Waals surface area contributed by atoms with Gasteiger partial charge in [-0.1, -0.05) is 0 Å². The Morgan fingerprint density at radius 2 is 2.25 bits per heavy atom. The van der Waals surface area contributed by atoms with Crippen LogP contribution in [0.4, 0.5) is 4.39 Å². The number of carbonyl (C=O) groups excluding carboxylic acids is 1. The van der Waals surface area contributed by atoms with Crippen LogP contribution in [0.5, 0.6) is 0 Å². The van der Waals surface area contributed by atoms with Gasteiger partial charge in [-0.2, -0.15) is 0 Å². The molecule has 1 unspecified atom stereocenters. The van der Waals surface area contributed by atoms with E-state index >= 15 is 0 Å². The number of carbonyl (C=O) groups is 1. The lowest BCUT2D eigenvalue weighted by molar-refractivity contribution is -0.130. The zero-order valence-electron chi connectivity index (χ0n) is 13.4. The van der Waals surface area contributed by atoms with Crippen molar-refractivity contribution in [3.8, 4) is 0 Å². The van der Waals surface area contributed by atoms with Gasteiger partial charge in [-0.25, -0.2) is 17.5 Å². The molecule has 1 aromatic rings. The Morgan fingerprint density at radius 1 is 1.50 bits per heavy atom. The Bertz CT molecular complexity index is 695. The van der Waals surface area contributed by atoms with Crippen molar-refractivity contribution in [1.29, 1.82) is 0 Å². The monoisotopic (exact) mass is 360 g/mol. The Hall–Kier alpha value is -1.55. The normalized spacial score (nSPS) is 19.1. The number of rotatable bonds is 5. The van der Waals surface area contributed by atoms with Crippen molar-refractivity contribution in [3.63, 3.8) is 0 Å². The van der Waals surface area contributed by atoms with Crippen molar-refractivity contribution < 1.29 is 27.4 Å². The number of aliphatic hydroxyl groups excluding tert-OH is 1. The van der Waals surface area contributed by atoms with Gasteiger partial charge in [0.2, 0.25) is 15.9 Å². The molecule has 7 nitrogen and oxygen atoms in total. The van der Waals surface area contributed by atoms with E-state index in [-0.39, 0.29) is 23.0 Å². The maximum absolute atomic E-state index is 13.2. The van der Waals surface area contributed by atoms with E-state index < -0.39 is 28.3 Å². The van der Waals surface area contributed by atoms with Crippen molar-refractivity contribution in [3.05, 3.63) is 29.6 Å². The number of ether oxygens (including phenoxy) is 1. The first-order valence-corrected chi connectivity index (χ1v) is 9.04. The van der Waals surface area contributed by atoms with Gasteiger partial charge in [0.25, 0.3) is 0 Å². The van der Waals surface area contributed by atoms with E-state index in [1.54, 1.807) is 0 Å². The number of nitrogens with one attached hydrogen (secondary N) is 1. The molecule has 24 heavy (non-hydrogen) atoms. The van der Waals surface area contributed by atoms with E-state index in [0.29, 0.717) is 26.3 Å². The molecule has 1 saturated heterocycles. The molecular weight excluding hydrogens is 339 g/mol. The Balaban J connectivity index is 2.00. The van der Waals surface area contributed by atoms with Crippen LogP contribution in [0.3, 0.4) is 0 Å². The van der Waals surface area contributed by atoms with Gasteiger partial charge in [-0.3, -0.25) is 4.79 Å². The van der Waals surface area contributed by atoms with Crippen LogP contribution in [-0.2, 0) is 19.6 Å². The van der Waals surface area contributed by atoms with Gasteiger partial charge in [0.05, 0.1) is 24.7 Å². The van der Waals surface area contributed by atoms with Crippen LogP contribution in [-0.4, -0.2) is 63.8 Å². The Labute approximate surface area is 140 Å². The van der Waals surface area contributed by atoms with Crippen molar-refractivity contribution >= 4 is 15.9 Å². The second-order valence-corrected chi connectivity index (χ2v) is 7.47. The number of aryl methyl sites for hydroxylation is 1. The molecule has 2 rings (SSSR count). The number of amides is 1. The lowest BCUT2D eigenvalue weighted by atomic mass is 10.1. The predicted octanol–water partition coefficient (Wildman–Crippen LogP) is -0.120. The molecule has 0 bridgehead atoms. The molecule has 1 amide bonds. The highest BCUT2D eigenvalue weighted by Gasteiger charge is 2.24. The first-order valence-electron chi connectivity index (χ1n) is 7.55. The van der Waals surface area contributed by atoms with E-state index in [1.165, 1.54) is 17.9 Å². The van der Waals surface area contributed by atoms with E-state index in [2.05, 4.69) is 4.72 Å². The smallest absolute Gasteiger partial charge is 0.241 e. The topological polar surface area (TPSA) is 95.9 Å². The summed E-state index contributed by atoms with van der Waals surface area (Å²) in [6, 6.07) is 3.43. The summed E-state index contributed by atoms with van der Waals surface area (Å²) >= 11 is 0. The third-order valence-electron chi connectivity index (χ3n) is 3.80. The lowest BCUT2D eigenvalue weighted by Crippen LogP contribution is -2.43. The van der Waals surface area contributed by atoms with Crippen molar-refractivity contribution in [2.75, 3.05) is 39.5 Å². The fraction of sp³-hybridized carbons (Fsp3) is 0.533. The summed E-state index contributed by atoms with van der Waals surface area (Å²) in [5.74, 6) is -1.08. The summed E-state index contributed by atoms with van der Waals surface area (Å²) in [6.45, 7) is 2.31. The molecule has 1 heterocycles. The van der Waals surface area contributed by atoms with Crippen LogP contribution >= 0.6 is 0 Å². The van der Waals surface area contributed by atoms with Crippen LogP contribution in [0.2, 0.25) is 0 Å². The fourth-order valence-corrected chi connectivity index (χ4v) is 3.41. The average molecular weight is 360 g/mol. The van der Waals surface area contributed by atoms with Gasteiger partial charge in [-0.05, 0) is 30.7 Å². The zero-order chi connectivity index (χ0) is 17.7. The highest BCUT2D eigenvalue weighted by atomic mass is 32.2. The number of benzene rings is 1. The standard InChI is InChI=1S/C15H21FN2O5S/c1-11-6-13(2-3-14(11)16)24(21,22)17-7-15(20)18-4-5-23-10-12(8-18)9-19/h2-3,6,12,17,19H,4-5,7-10H2,1H3. The molecule has 134 valence electrons. The minimum Gasteiger partial charge on any atom is -0.396 e. The minimum absolute atomic E-state index is 0.0957. The molecule has 0 aliphatic carbocycles. The van der Waals surface area contributed by atoms with Crippen LogP contribution in [0.15, 0.2) is 23.1 Å². The van der Waals surface area contributed by atoms with Crippen LogP contribution in [0, 0.1) is 18.7 Å². The van der Waals surface area contributed by atoms with Gasteiger partial charge in [0, 0.05) is 25.6 Å². The van der Waals surface area contributed by atoms with E-state index in [9.17, 15) is 22.7 Å². The van der Waals surface area contributed by atoms with Gasteiger partial charge in [0.15, 0.2) is 0 Å². The molecule has 0 aromatic heterocycles. The molecule has 0 radical (unpaired) electrons. The van der Waals surface area contributed by atoms with Gasteiger partial charge < -0.3 is 14.7 Å². The number of hydrogen-bond acceptors (Lipinski definition) is 5. The zero-order valence-corrected chi connectivity index (χ0v) is 14.2. The number of halogens is 1. The quantitative estimate of drug-likeness (QED) is 0.763. The molecule has 1 aliphatic heterocycles. The van der Waals surface area contributed by atoms with Crippen LogP contribution < -0.4 is 4.72 Å². The SMILES string of the molecule is Cc1cc(S(=O)(=O)NCC(=O)N2CCOCC(CO)C2)ccc1F. The Morgan fingerprint density at radius 3 is 2.92 bits per heavy atom. The van der Waals surface area contributed by atoms with Crippen molar-refractivity contribution in [2.24, 2.45) is 5.92 Å². The number of sulfonamides is 1. The average Bonchev–Trinajstić information content (AvgIpc) is 2.80. The largest absolute Gasteiger partial charge is 0.396 e. The number of nitrogens with zero attached hydrogens (tertiary/aromatic N) is 1. The predicted molar refractivity (Wildman–Crippen MR) is 84.3 cm³/mol. The molecule has 1 atom stereocenters. The highest BCUT2D eigenvalue weighted by Crippen LogP contribution is 2.14. The first kappa shape index (κ1) is 18.8. The van der Waals surface area contributed by atoms with Gasteiger partial charge in [0.1, 0.15) is 5.82 Å². The molecule has 0 spiro atoms. The second-order valence-electron chi connectivity index (χ2n) is 5.70. The first-order chi connectivity index (χ1) is 11.3. The lowest BCUT2D eigenvalue weighted by Gasteiger charge is -2.22. The maximum atomic E-state index is 13.2. The number of aliphatic hydroxyl groups is 1. The summed E-state index contributed by atoms with van der Waals surface area (Å²) in [5, 5.41) is 9.21. The van der Waals surface area contributed by atoms with E-state index in [0.717, 1.165) is 12.1 Å². The van der Waals surface area contributed by atoms with Gasteiger partial charge >= 0.3 is 0 Å². The van der Waals surface area contributed by atoms with Crippen LogP contribution in [0.1, 0.15) is 5.56 Å². The molecule has 1 aliphatic rings. The van der Waals surface area contributed by atoms with Crippen molar-refractivity contribution in [1.82, 2.24) is 9.62 Å². The summed E-state index contributed by atoms with van der Waals surface area (Å²) in [7, 11) is -3.91. The summed E-state index contributed by atoms with van der Waals surface area (Å²) < 4.78 is 45.2. The fourth-order valence-electron chi connectivity index (χ4n) is 2.35. The van der Waals surface area contributed by atoms with Crippen LogP contribution in [0.25, 0.3) is 0 Å². The summed E-state index contributed by atoms with van der Waals surface area (Å²) in [6.07, 6.45) is 0. The van der Waals surface area contributed by atoms with Gasteiger partial charge in [-0.15, -0.1) is 0 Å². The van der Waals surface area contributed by atoms with E-state index in [4.69, 9.17) is 4.74 Å². The maximum Gasteiger partial charge on any atom is 0.241 e. The number of hydrogen-bond donors (Lipinski definition) is 2. The second kappa shape index (κ2) is 8.02. The molecule has 0 saturated carbocycles. The Kier molecular flexibility index (Phi) is 6.27. The molecule has 1 fully saturated rings. The molecule has 1 aromatic carbocycles. The molecular formula is C15H21FN2O5S.